The van der Waals surface area contributed by atoms with Crippen LogP contribution in [0.25, 0.3) is 10.8 Å². The quantitative estimate of drug-likeness (QED) is 0.708. The first-order valence-electron chi connectivity index (χ1n) is 11.5. The maximum atomic E-state index is 13.2. The first-order valence-corrected chi connectivity index (χ1v) is 11.5. The number of carbonyl (C=O) groups is 2. The van der Waals surface area contributed by atoms with Crippen molar-refractivity contribution in [1.29, 1.82) is 0 Å². The number of ether oxygens (including phenoxy) is 5. The van der Waals surface area contributed by atoms with Crippen molar-refractivity contribution in [2.75, 3.05) is 5.32 Å². The summed E-state index contributed by atoms with van der Waals surface area (Å²) in [5.41, 5.74) is 0.675. The summed E-state index contributed by atoms with van der Waals surface area (Å²) in [6, 6.07) is 12.6. The zero-order valence-corrected chi connectivity index (χ0v) is 19.9. The van der Waals surface area contributed by atoms with Gasteiger partial charge >= 0.3 is 0 Å². The predicted molar refractivity (Wildman–Crippen MR) is 123 cm³/mol. The Kier molecular flexibility index (Phi) is 5.65. The Balaban J connectivity index is 1.29. The molecule has 3 aliphatic heterocycles. The fraction of sp³-hybridized carbons (Fsp3) is 0.520. The monoisotopic (exact) mass is 470 g/mol. The molecule has 3 fully saturated rings. The molecule has 3 saturated heterocycles. The lowest BCUT2D eigenvalue weighted by molar-refractivity contribution is -0.231. The number of hydrogen-bond donors (Lipinski definition) is 2. The van der Waals surface area contributed by atoms with E-state index in [0.717, 1.165) is 10.8 Å². The van der Waals surface area contributed by atoms with Crippen molar-refractivity contribution in [2.45, 2.75) is 82.9 Å². The number of nitrogens with one attached hydrogen (secondary N) is 2. The number of hydrogen-bond acceptors (Lipinski definition) is 7. The van der Waals surface area contributed by atoms with Crippen LogP contribution in [0.15, 0.2) is 42.5 Å². The first kappa shape index (κ1) is 23.2. The van der Waals surface area contributed by atoms with Gasteiger partial charge in [-0.15, -0.1) is 0 Å². The molecule has 9 heteroatoms. The van der Waals surface area contributed by atoms with Crippen LogP contribution in [0, 0.1) is 0 Å². The fourth-order valence-corrected chi connectivity index (χ4v) is 4.76. The van der Waals surface area contributed by atoms with E-state index in [4.69, 9.17) is 23.7 Å². The molecule has 0 radical (unpaired) electrons. The summed E-state index contributed by atoms with van der Waals surface area (Å²) in [6.45, 7) is 8.72. The molecule has 2 unspecified atom stereocenters. The summed E-state index contributed by atoms with van der Waals surface area (Å²) < 4.78 is 29.8. The number of amides is 2. The van der Waals surface area contributed by atoms with Crippen LogP contribution < -0.4 is 10.6 Å². The van der Waals surface area contributed by atoms with E-state index in [1.807, 2.05) is 42.5 Å². The summed E-state index contributed by atoms with van der Waals surface area (Å²) in [4.78, 5) is 26.1. The Labute approximate surface area is 198 Å². The van der Waals surface area contributed by atoms with E-state index in [9.17, 15) is 9.59 Å². The largest absolute Gasteiger partial charge is 0.342 e. The Bertz CT molecular complexity index is 1110. The van der Waals surface area contributed by atoms with Crippen LogP contribution in [0.3, 0.4) is 0 Å². The number of benzene rings is 2. The second kappa shape index (κ2) is 8.28. The fourth-order valence-electron chi connectivity index (χ4n) is 4.76. The van der Waals surface area contributed by atoms with Crippen LogP contribution in [0.1, 0.15) is 34.6 Å². The molecule has 2 aromatic rings. The topological polar surface area (TPSA) is 104 Å². The first-order chi connectivity index (χ1) is 16.0. The minimum absolute atomic E-state index is 0.347. The molecule has 182 valence electrons. The van der Waals surface area contributed by atoms with Gasteiger partial charge in [0.1, 0.15) is 24.4 Å². The van der Waals surface area contributed by atoms with E-state index in [2.05, 4.69) is 10.6 Å². The Morgan fingerprint density at radius 3 is 2.29 bits per heavy atom. The molecule has 9 nitrogen and oxygen atoms in total. The van der Waals surface area contributed by atoms with Gasteiger partial charge in [-0.3, -0.25) is 9.59 Å². The highest BCUT2D eigenvalue weighted by Crippen LogP contribution is 2.44. The van der Waals surface area contributed by atoms with E-state index < -0.39 is 54.2 Å². The van der Waals surface area contributed by atoms with E-state index in [0.29, 0.717) is 5.69 Å². The predicted octanol–water partition coefficient (Wildman–Crippen LogP) is 2.68. The number of fused-ring (bicyclic) bond motifs is 4. The molecule has 5 rings (SSSR count). The lowest BCUT2D eigenvalue weighted by Gasteiger charge is -2.36. The van der Waals surface area contributed by atoms with Crippen LogP contribution in [0.4, 0.5) is 5.69 Å². The van der Waals surface area contributed by atoms with Gasteiger partial charge in [-0.1, -0.05) is 36.4 Å². The average Bonchev–Trinajstić information content (AvgIpc) is 3.26. The maximum Gasteiger partial charge on any atom is 0.252 e. The molecule has 2 aromatic carbocycles. The maximum absolute atomic E-state index is 13.2. The second-order valence-electron chi connectivity index (χ2n) is 9.84. The van der Waals surface area contributed by atoms with Crippen molar-refractivity contribution in [3.63, 3.8) is 0 Å². The lowest BCUT2D eigenvalue weighted by Crippen LogP contribution is -2.60. The Hall–Kier alpha value is -2.56. The molecule has 34 heavy (non-hydrogen) atoms. The summed E-state index contributed by atoms with van der Waals surface area (Å²) in [6.07, 6.45) is -3.60. The molecule has 3 heterocycles. The molecule has 0 bridgehead atoms. The van der Waals surface area contributed by atoms with Gasteiger partial charge in [-0.2, -0.15) is 0 Å². The zero-order chi connectivity index (χ0) is 24.3. The van der Waals surface area contributed by atoms with Gasteiger partial charge in [0.05, 0.1) is 0 Å². The van der Waals surface area contributed by atoms with E-state index in [-0.39, 0.29) is 5.91 Å². The van der Waals surface area contributed by atoms with Gasteiger partial charge in [0.2, 0.25) is 5.91 Å². The third kappa shape index (κ3) is 4.30. The molecular weight excluding hydrogens is 440 g/mol. The molecule has 0 spiro atoms. The lowest BCUT2D eigenvalue weighted by atomic mass is 9.98. The van der Waals surface area contributed by atoms with Crippen molar-refractivity contribution in [3.05, 3.63) is 42.5 Å². The van der Waals surface area contributed by atoms with E-state index >= 15 is 0 Å². The molecule has 2 amide bonds. The smallest absolute Gasteiger partial charge is 0.252 e. The third-order valence-electron chi connectivity index (χ3n) is 6.21. The van der Waals surface area contributed by atoms with Gasteiger partial charge in [-0.05, 0) is 46.1 Å². The zero-order valence-electron chi connectivity index (χ0n) is 19.9. The number of carbonyl (C=O) groups excluding carboxylic acids is 2. The molecule has 0 aromatic heterocycles. The molecule has 6 atom stereocenters. The summed E-state index contributed by atoms with van der Waals surface area (Å²) in [7, 11) is 0. The summed E-state index contributed by atoms with van der Waals surface area (Å²) in [5, 5.41) is 7.58. The van der Waals surface area contributed by atoms with Crippen LogP contribution >= 0.6 is 0 Å². The summed E-state index contributed by atoms with van der Waals surface area (Å²) >= 11 is 0. The molecule has 2 N–H and O–H groups in total. The van der Waals surface area contributed by atoms with Crippen molar-refractivity contribution < 1.29 is 33.3 Å². The van der Waals surface area contributed by atoms with Crippen molar-refractivity contribution >= 4 is 28.3 Å². The molecule has 3 aliphatic rings. The van der Waals surface area contributed by atoms with Crippen molar-refractivity contribution in [1.82, 2.24) is 5.32 Å². The van der Waals surface area contributed by atoms with E-state index in [1.54, 1.807) is 34.6 Å². The molecule has 0 saturated carbocycles. The Morgan fingerprint density at radius 1 is 0.853 bits per heavy atom. The standard InChI is InChI=1S/C25H30N2O7/c1-13(21(28)27-16-12-8-10-14-9-6-7-11-15(14)16)26-22(29)19-17-18(32-24(2,3)31-17)20-23(30-19)34-25(4,5)33-20/h6-13,17-20,23H,1-5H3,(H,26,29)(H,27,28)/t13?,17-,18+,19?,20-,23-/m1/s1. The van der Waals surface area contributed by atoms with Crippen molar-refractivity contribution in [2.24, 2.45) is 0 Å². The van der Waals surface area contributed by atoms with Crippen LogP contribution in [-0.4, -0.2) is 60.1 Å². The van der Waals surface area contributed by atoms with Crippen LogP contribution in [-0.2, 0) is 33.3 Å². The highest BCUT2D eigenvalue weighted by Gasteiger charge is 2.62. The van der Waals surface area contributed by atoms with Gasteiger partial charge < -0.3 is 34.3 Å². The molecular formula is C25H30N2O7. The average molecular weight is 471 g/mol. The van der Waals surface area contributed by atoms with E-state index in [1.165, 1.54) is 0 Å². The Morgan fingerprint density at radius 2 is 1.50 bits per heavy atom. The van der Waals surface area contributed by atoms with Gasteiger partial charge in [-0.25, -0.2) is 0 Å². The minimum atomic E-state index is -1.03. The summed E-state index contributed by atoms with van der Waals surface area (Å²) in [5.74, 6) is -2.63. The number of anilines is 1. The highest BCUT2D eigenvalue weighted by atomic mass is 16.9. The normalized spacial score (nSPS) is 32.0. The molecule has 0 aliphatic carbocycles. The van der Waals surface area contributed by atoms with Crippen LogP contribution in [0.2, 0.25) is 0 Å². The van der Waals surface area contributed by atoms with Crippen LogP contribution in [0.5, 0.6) is 0 Å². The minimum Gasteiger partial charge on any atom is -0.342 e. The van der Waals surface area contributed by atoms with Gasteiger partial charge in [0.25, 0.3) is 5.91 Å². The van der Waals surface area contributed by atoms with Crippen molar-refractivity contribution in [3.8, 4) is 0 Å². The van der Waals surface area contributed by atoms with Gasteiger partial charge in [0, 0.05) is 11.1 Å². The number of rotatable bonds is 4. The second-order valence-corrected chi connectivity index (χ2v) is 9.84. The van der Waals surface area contributed by atoms with Gasteiger partial charge in [0.15, 0.2) is 24.0 Å². The highest BCUT2D eigenvalue weighted by molar-refractivity contribution is 6.04. The SMILES string of the molecule is CC(NC(=O)C1O[C@@H]2OC(C)(C)O[C@@H]2[C@H]2OC(C)(C)O[C@@H]12)C(=O)Nc1cccc2ccccc12. The third-order valence-corrected chi connectivity index (χ3v) is 6.21.